The van der Waals surface area contributed by atoms with Crippen LogP contribution < -0.4 is 20.1 Å². The third kappa shape index (κ3) is 5.43. The number of nitrogens with one attached hydrogen (secondary N) is 2. The molecular weight excluding hydrogens is 382 g/mol. The van der Waals surface area contributed by atoms with E-state index in [0.29, 0.717) is 23.3 Å². The normalized spacial score (nSPS) is 13.8. The van der Waals surface area contributed by atoms with E-state index < -0.39 is 23.4 Å². The van der Waals surface area contributed by atoms with Crippen LogP contribution >= 0.6 is 0 Å². The first kappa shape index (κ1) is 20.6. The van der Waals surface area contributed by atoms with Crippen LogP contribution in [-0.2, 0) is 4.79 Å². The number of ether oxygens (including phenoxy) is 2. The predicted molar refractivity (Wildman–Crippen MR) is 103 cm³/mol. The second-order valence-corrected chi connectivity index (χ2v) is 6.74. The molecule has 6 nitrogen and oxygen atoms in total. The van der Waals surface area contributed by atoms with Gasteiger partial charge in [-0.05, 0) is 49.9 Å². The molecule has 0 aliphatic heterocycles. The van der Waals surface area contributed by atoms with E-state index in [2.05, 4.69) is 10.6 Å². The van der Waals surface area contributed by atoms with Crippen LogP contribution in [0.5, 0.6) is 11.5 Å². The van der Waals surface area contributed by atoms with Gasteiger partial charge < -0.3 is 20.1 Å². The van der Waals surface area contributed by atoms with Crippen LogP contribution in [0.15, 0.2) is 36.4 Å². The lowest BCUT2D eigenvalue weighted by Crippen LogP contribution is -2.33. The van der Waals surface area contributed by atoms with Gasteiger partial charge in [-0.2, -0.15) is 0 Å². The molecule has 29 heavy (non-hydrogen) atoms. The Bertz CT molecular complexity index is 898. The average Bonchev–Trinajstić information content (AvgIpc) is 3.19. The minimum atomic E-state index is -0.994. The van der Waals surface area contributed by atoms with Gasteiger partial charge >= 0.3 is 0 Å². The molecule has 0 saturated heterocycles. The van der Waals surface area contributed by atoms with E-state index in [1.165, 1.54) is 0 Å². The van der Waals surface area contributed by atoms with Crippen LogP contribution in [0, 0.1) is 11.6 Å². The maximum Gasteiger partial charge on any atom is 0.254 e. The molecule has 2 aromatic rings. The lowest BCUT2D eigenvalue weighted by Gasteiger charge is -2.17. The Labute approximate surface area is 167 Å². The van der Waals surface area contributed by atoms with E-state index in [4.69, 9.17) is 9.47 Å². The summed E-state index contributed by atoms with van der Waals surface area (Å²) in [6, 6.07) is 7.61. The summed E-state index contributed by atoms with van der Waals surface area (Å²) in [7, 11) is 1.54. The van der Waals surface area contributed by atoms with Gasteiger partial charge in [0.05, 0.1) is 25.3 Å². The number of amides is 2. The Hall–Kier alpha value is -3.16. The highest BCUT2D eigenvalue weighted by Crippen LogP contribution is 2.33. The number of methoxy groups -OCH3 is 1. The number of carbonyl (C=O) groups excluding carboxylic acids is 2. The highest BCUT2D eigenvalue weighted by Gasteiger charge is 2.19. The molecule has 154 valence electrons. The standard InChI is InChI=1S/C21H22F2N2O4/c1-28-18-9-7-14(11-19(18)29-15-4-2-3-5-15)25-20(26)12-24-21(27)16-8-6-13(22)10-17(16)23/h6-11,15H,2-5,12H2,1H3,(H,24,27)(H,25,26). The van der Waals surface area contributed by atoms with Gasteiger partial charge in [-0.25, -0.2) is 8.78 Å². The summed E-state index contributed by atoms with van der Waals surface area (Å²) in [6.45, 7) is -0.375. The van der Waals surface area contributed by atoms with Gasteiger partial charge in [0.15, 0.2) is 11.5 Å². The number of rotatable bonds is 7. The van der Waals surface area contributed by atoms with Crippen molar-refractivity contribution >= 4 is 17.5 Å². The molecule has 1 saturated carbocycles. The monoisotopic (exact) mass is 404 g/mol. The summed E-state index contributed by atoms with van der Waals surface area (Å²) < 4.78 is 37.8. The summed E-state index contributed by atoms with van der Waals surface area (Å²) in [5.41, 5.74) is 0.141. The van der Waals surface area contributed by atoms with Crippen LogP contribution in [0.25, 0.3) is 0 Å². The lowest BCUT2D eigenvalue weighted by molar-refractivity contribution is -0.115. The number of hydrogen-bond donors (Lipinski definition) is 2. The quantitative estimate of drug-likeness (QED) is 0.738. The van der Waals surface area contributed by atoms with Crippen molar-refractivity contribution in [2.45, 2.75) is 31.8 Å². The van der Waals surface area contributed by atoms with Crippen LogP contribution in [0.3, 0.4) is 0 Å². The minimum Gasteiger partial charge on any atom is -0.493 e. The molecule has 0 aromatic heterocycles. The molecule has 1 fully saturated rings. The van der Waals surface area contributed by atoms with Crippen LogP contribution in [-0.4, -0.2) is 31.6 Å². The van der Waals surface area contributed by atoms with Crippen molar-refractivity contribution in [1.82, 2.24) is 5.32 Å². The molecule has 1 aliphatic rings. The van der Waals surface area contributed by atoms with Crippen molar-refractivity contribution in [2.24, 2.45) is 0 Å². The molecule has 0 atom stereocenters. The van der Waals surface area contributed by atoms with E-state index >= 15 is 0 Å². The summed E-state index contributed by atoms with van der Waals surface area (Å²) in [6.07, 6.45) is 4.33. The second kappa shape index (κ2) is 9.36. The second-order valence-electron chi connectivity index (χ2n) is 6.74. The SMILES string of the molecule is COc1ccc(NC(=O)CNC(=O)c2ccc(F)cc2F)cc1OC1CCCC1. The Balaban J connectivity index is 1.59. The zero-order valence-corrected chi connectivity index (χ0v) is 16.0. The zero-order valence-electron chi connectivity index (χ0n) is 16.0. The van der Waals surface area contributed by atoms with Crippen molar-refractivity contribution in [3.8, 4) is 11.5 Å². The first-order valence-electron chi connectivity index (χ1n) is 9.34. The maximum atomic E-state index is 13.6. The summed E-state index contributed by atoms with van der Waals surface area (Å²) in [5.74, 6) is -1.99. The van der Waals surface area contributed by atoms with Gasteiger partial charge in [0, 0.05) is 17.8 Å². The van der Waals surface area contributed by atoms with Crippen molar-refractivity contribution in [3.63, 3.8) is 0 Å². The predicted octanol–water partition coefficient (Wildman–Crippen LogP) is 3.66. The highest BCUT2D eigenvalue weighted by molar-refractivity contribution is 5.99. The Morgan fingerprint density at radius 3 is 2.52 bits per heavy atom. The molecular formula is C21H22F2N2O4. The molecule has 0 radical (unpaired) electrons. The van der Waals surface area contributed by atoms with Crippen molar-refractivity contribution in [2.75, 3.05) is 19.0 Å². The number of benzene rings is 2. The summed E-state index contributed by atoms with van der Waals surface area (Å²) >= 11 is 0. The Kier molecular flexibility index (Phi) is 6.64. The molecule has 8 heteroatoms. The molecule has 0 spiro atoms. The molecule has 3 rings (SSSR count). The minimum absolute atomic E-state index is 0.125. The summed E-state index contributed by atoms with van der Waals surface area (Å²) in [4.78, 5) is 24.1. The molecule has 0 bridgehead atoms. The van der Waals surface area contributed by atoms with Crippen LogP contribution in [0.4, 0.5) is 14.5 Å². The molecule has 2 amide bonds. The van der Waals surface area contributed by atoms with Gasteiger partial charge in [-0.1, -0.05) is 0 Å². The fraction of sp³-hybridized carbons (Fsp3) is 0.333. The van der Waals surface area contributed by atoms with Crippen LogP contribution in [0.2, 0.25) is 0 Å². The van der Waals surface area contributed by atoms with Gasteiger partial charge in [0.2, 0.25) is 5.91 Å². The topological polar surface area (TPSA) is 76.7 Å². The maximum absolute atomic E-state index is 13.6. The molecule has 2 aromatic carbocycles. The third-order valence-corrected chi connectivity index (χ3v) is 4.63. The van der Waals surface area contributed by atoms with Gasteiger partial charge in [0.25, 0.3) is 5.91 Å². The van der Waals surface area contributed by atoms with Gasteiger partial charge in [-0.15, -0.1) is 0 Å². The van der Waals surface area contributed by atoms with Crippen molar-refractivity contribution in [3.05, 3.63) is 53.6 Å². The van der Waals surface area contributed by atoms with Gasteiger partial charge in [0.1, 0.15) is 11.6 Å². The Morgan fingerprint density at radius 2 is 1.83 bits per heavy atom. The summed E-state index contributed by atoms with van der Waals surface area (Å²) in [5, 5.41) is 4.95. The zero-order chi connectivity index (χ0) is 20.8. The van der Waals surface area contributed by atoms with Gasteiger partial charge in [-0.3, -0.25) is 9.59 Å². The van der Waals surface area contributed by atoms with Crippen molar-refractivity contribution in [1.29, 1.82) is 0 Å². The van der Waals surface area contributed by atoms with Crippen molar-refractivity contribution < 1.29 is 27.8 Å². The molecule has 0 unspecified atom stereocenters. The average molecular weight is 404 g/mol. The molecule has 2 N–H and O–H groups in total. The fourth-order valence-electron chi connectivity index (χ4n) is 3.17. The number of anilines is 1. The number of carbonyl (C=O) groups is 2. The van der Waals surface area contributed by atoms with E-state index in [9.17, 15) is 18.4 Å². The third-order valence-electron chi connectivity index (χ3n) is 4.63. The first-order chi connectivity index (χ1) is 14.0. The van der Waals surface area contributed by atoms with E-state index in [0.717, 1.165) is 37.8 Å². The molecule has 0 heterocycles. The van der Waals surface area contributed by atoms with E-state index in [1.54, 1.807) is 25.3 Å². The van der Waals surface area contributed by atoms with Crippen LogP contribution in [0.1, 0.15) is 36.0 Å². The van der Waals surface area contributed by atoms with E-state index in [-0.39, 0.29) is 18.2 Å². The largest absolute Gasteiger partial charge is 0.493 e. The van der Waals surface area contributed by atoms with E-state index in [1.807, 2.05) is 0 Å². The molecule has 1 aliphatic carbocycles. The smallest absolute Gasteiger partial charge is 0.254 e. The fourth-order valence-corrected chi connectivity index (χ4v) is 3.17. The lowest BCUT2D eigenvalue weighted by atomic mass is 10.2. The first-order valence-corrected chi connectivity index (χ1v) is 9.34. The highest BCUT2D eigenvalue weighted by atomic mass is 19.1. The number of halogens is 2. The number of hydrogen-bond acceptors (Lipinski definition) is 4. The Morgan fingerprint density at radius 1 is 1.07 bits per heavy atom.